The lowest BCUT2D eigenvalue weighted by atomic mass is 10.1. The van der Waals surface area contributed by atoms with Gasteiger partial charge < -0.3 is 20.7 Å². The molecule has 2 aromatic rings. The van der Waals surface area contributed by atoms with Gasteiger partial charge in [-0.25, -0.2) is 9.97 Å². The highest BCUT2D eigenvalue weighted by Gasteiger charge is 2.17. The minimum atomic E-state index is 0.573. The van der Waals surface area contributed by atoms with E-state index in [-0.39, 0.29) is 0 Å². The molecule has 1 aromatic carbocycles. The number of benzene rings is 1. The summed E-state index contributed by atoms with van der Waals surface area (Å²) in [6, 6.07) is 8.27. The average Bonchev–Trinajstić information content (AvgIpc) is 2.58. The Morgan fingerprint density at radius 1 is 1.18 bits per heavy atom. The maximum absolute atomic E-state index is 6.25. The molecular formula is C16H21N5O. The van der Waals surface area contributed by atoms with E-state index in [1.165, 1.54) is 5.56 Å². The molecule has 0 aliphatic carbocycles. The molecule has 0 atom stereocenters. The highest BCUT2D eigenvalue weighted by molar-refractivity contribution is 5.78. The number of ether oxygens (including phenoxy) is 1. The van der Waals surface area contributed by atoms with Crippen LogP contribution in [0.3, 0.4) is 0 Å². The largest absolute Gasteiger partial charge is 0.393 e. The predicted octanol–water partition coefficient (Wildman–Crippen LogP) is 2.20. The molecule has 0 bridgehead atoms. The van der Waals surface area contributed by atoms with Crippen molar-refractivity contribution in [2.45, 2.75) is 13.3 Å². The number of hydrogen-bond donors (Lipinski definition) is 2. The van der Waals surface area contributed by atoms with Crippen molar-refractivity contribution in [3.8, 4) is 0 Å². The van der Waals surface area contributed by atoms with Gasteiger partial charge in [-0.1, -0.05) is 19.1 Å². The van der Waals surface area contributed by atoms with E-state index >= 15 is 0 Å². The van der Waals surface area contributed by atoms with Gasteiger partial charge in [-0.2, -0.15) is 0 Å². The van der Waals surface area contributed by atoms with Crippen LogP contribution in [-0.4, -0.2) is 36.3 Å². The molecule has 0 amide bonds. The second-order valence-corrected chi connectivity index (χ2v) is 5.23. The van der Waals surface area contributed by atoms with Crippen molar-refractivity contribution < 1.29 is 4.74 Å². The van der Waals surface area contributed by atoms with Gasteiger partial charge >= 0.3 is 0 Å². The highest BCUT2D eigenvalue weighted by Crippen LogP contribution is 2.28. The quantitative estimate of drug-likeness (QED) is 0.901. The second-order valence-electron chi connectivity index (χ2n) is 5.23. The van der Waals surface area contributed by atoms with E-state index in [0.717, 1.165) is 31.0 Å². The van der Waals surface area contributed by atoms with Gasteiger partial charge in [-0.3, -0.25) is 0 Å². The number of anilines is 4. The van der Waals surface area contributed by atoms with Crippen LogP contribution in [0, 0.1) is 0 Å². The fraction of sp³-hybridized carbons (Fsp3) is 0.375. The zero-order chi connectivity index (χ0) is 15.4. The summed E-state index contributed by atoms with van der Waals surface area (Å²) < 4.78 is 5.37. The summed E-state index contributed by atoms with van der Waals surface area (Å²) in [5.74, 6) is 1.41. The maximum Gasteiger partial charge on any atom is 0.159 e. The molecule has 1 aliphatic rings. The van der Waals surface area contributed by atoms with Crippen LogP contribution in [0.15, 0.2) is 30.6 Å². The van der Waals surface area contributed by atoms with Crippen LogP contribution >= 0.6 is 0 Å². The molecule has 1 aromatic heterocycles. The molecule has 3 rings (SSSR count). The summed E-state index contributed by atoms with van der Waals surface area (Å²) in [5.41, 5.74) is 9.09. The maximum atomic E-state index is 6.25. The topological polar surface area (TPSA) is 76.3 Å². The van der Waals surface area contributed by atoms with Crippen LogP contribution < -0.4 is 16.0 Å². The first-order chi connectivity index (χ1) is 10.8. The van der Waals surface area contributed by atoms with E-state index in [1.807, 2.05) is 12.1 Å². The first kappa shape index (κ1) is 14.6. The van der Waals surface area contributed by atoms with Crippen molar-refractivity contribution in [2.24, 2.45) is 0 Å². The summed E-state index contributed by atoms with van der Waals surface area (Å²) in [5, 5.41) is 3.27. The van der Waals surface area contributed by atoms with Gasteiger partial charge in [0, 0.05) is 18.8 Å². The zero-order valence-corrected chi connectivity index (χ0v) is 12.7. The normalized spacial score (nSPS) is 14.9. The lowest BCUT2D eigenvalue weighted by molar-refractivity contribution is 0.122. The Labute approximate surface area is 130 Å². The Kier molecular flexibility index (Phi) is 4.39. The number of nitrogens with two attached hydrogens (primary N) is 1. The van der Waals surface area contributed by atoms with Crippen LogP contribution in [0.25, 0.3) is 0 Å². The van der Waals surface area contributed by atoms with Gasteiger partial charge in [0.2, 0.25) is 0 Å². The Balaban J connectivity index is 1.81. The van der Waals surface area contributed by atoms with Crippen molar-refractivity contribution in [1.29, 1.82) is 0 Å². The van der Waals surface area contributed by atoms with Crippen LogP contribution in [-0.2, 0) is 11.2 Å². The lowest BCUT2D eigenvalue weighted by Crippen LogP contribution is -2.37. The summed E-state index contributed by atoms with van der Waals surface area (Å²) in [4.78, 5) is 10.7. The first-order valence-electron chi connectivity index (χ1n) is 7.57. The number of rotatable bonds is 4. The molecule has 116 valence electrons. The van der Waals surface area contributed by atoms with E-state index in [0.29, 0.717) is 24.7 Å². The van der Waals surface area contributed by atoms with E-state index in [1.54, 1.807) is 6.33 Å². The SMILES string of the molecule is CCc1ccc(Nc2ncnc(N3CCOCC3)c2N)cc1. The van der Waals surface area contributed by atoms with Crippen LogP contribution in [0.5, 0.6) is 0 Å². The third kappa shape index (κ3) is 3.12. The number of nitrogens with one attached hydrogen (secondary N) is 1. The zero-order valence-electron chi connectivity index (χ0n) is 12.7. The third-order valence-corrected chi connectivity index (χ3v) is 3.80. The lowest BCUT2D eigenvalue weighted by Gasteiger charge is -2.29. The Hall–Kier alpha value is -2.34. The van der Waals surface area contributed by atoms with Crippen molar-refractivity contribution in [1.82, 2.24) is 9.97 Å². The van der Waals surface area contributed by atoms with Gasteiger partial charge in [0.25, 0.3) is 0 Å². The number of aryl methyl sites for hydroxylation is 1. The number of nitrogens with zero attached hydrogens (tertiary/aromatic N) is 3. The molecule has 22 heavy (non-hydrogen) atoms. The number of hydrogen-bond acceptors (Lipinski definition) is 6. The van der Waals surface area contributed by atoms with E-state index in [2.05, 4.69) is 39.2 Å². The van der Waals surface area contributed by atoms with Crippen molar-refractivity contribution in [2.75, 3.05) is 42.3 Å². The summed E-state index contributed by atoms with van der Waals surface area (Å²) in [6.45, 7) is 5.13. The molecule has 0 unspecified atom stereocenters. The summed E-state index contributed by atoms with van der Waals surface area (Å²) >= 11 is 0. The fourth-order valence-electron chi connectivity index (χ4n) is 2.47. The standard InChI is InChI=1S/C16H21N5O/c1-2-12-3-5-13(6-4-12)20-15-14(17)16(19-11-18-15)21-7-9-22-10-8-21/h3-6,11H,2,7-10,17H2,1H3,(H,18,19,20). The van der Waals surface area contributed by atoms with Crippen molar-refractivity contribution >= 4 is 23.0 Å². The smallest absolute Gasteiger partial charge is 0.159 e. The van der Waals surface area contributed by atoms with Gasteiger partial charge in [0.05, 0.1) is 13.2 Å². The van der Waals surface area contributed by atoms with Gasteiger partial charge in [-0.05, 0) is 24.1 Å². The van der Waals surface area contributed by atoms with E-state index in [4.69, 9.17) is 10.5 Å². The number of aromatic nitrogens is 2. The van der Waals surface area contributed by atoms with Gasteiger partial charge in [-0.15, -0.1) is 0 Å². The number of nitrogen functional groups attached to an aromatic ring is 1. The Morgan fingerprint density at radius 3 is 2.59 bits per heavy atom. The molecule has 1 saturated heterocycles. The molecule has 0 saturated carbocycles. The minimum Gasteiger partial charge on any atom is -0.393 e. The molecular weight excluding hydrogens is 278 g/mol. The molecule has 0 spiro atoms. The fourth-order valence-corrected chi connectivity index (χ4v) is 2.47. The van der Waals surface area contributed by atoms with Gasteiger partial charge in [0.1, 0.15) is 12.0 Å². The second kappa shape index (κ2) is 6.62. The van der Waals surface area contributed by atoms with E-state index < -0.39 is 0 Å². The van der Waals surface area contributed by atoms with Crippen molar-refractivity contribution in [3.05, 3.63) is 36.2 Å². The van der Waals surface area contributed by atoms with Crippen molar-refractivity contribution in [3.63, 3.8) is 0 Å². The Morgan fingerprint density at radius 2 is 1.91 bits per heavy atom. The van der Waals surface area contributed by atoms with E-state index in [9.17, 15) is 0 Å². The summed E-state index contributed by atoms with van der Waals surface area (Å²) in [6.07, 6.45) is 2.57. The molecule has 2 heterocycles. The predicted molar refractivity (Wildman–Crippen MR) is 88.6 cm³/mol. The average molecular weight is 299 g/mol. The number of morpholine rings is 1. The molecule has 6 heteroatoms. The first-order valence-corrected chi connectivity index (χ1v) is 7.57. The third-order valence-electron chi connectivity index (χ3n) is 3.80. The Bertz CT molecular complexity index is 623. The molecule has 1 fully saturated rings. The highest BCUT2D eigenvalue weighted by atomic mass is 16.5. The van der Waals surface area contributed by atoms with Crippen LogP contribution in [0.1, 0.15) is 12.5 Å². The van der Waals surface area contributed by atoms with Gasteiger partial charge in [0.15, 0.2) is 11.6 Å². The summed E-state index contributed by atoms with van der Waals surface area (Å²) in [7, 11) is 0. The molecule has 0 radical (unpaired) electrons. The minimum absolute atomic E-state index is 0.573. The van der Waals surface area contributed by atoms with Crippen LogP contribution in [0.2, 0.25) is 0 Å². The molecule has 3 N–H and O–H groups in total. The monoisotopic (exact) mass is 299 g/mol. The molecule has 6 nitrogen and oxygen atoms in total. The molecule has 1 aliphatic heterocycles. The van der Waals surface area contributed by atoms with Crippen LogP contribution in [0.4, 0.5) is 23.0 Å².